The van der Waals surface area contributed by atoms with Gasteiger partial charge in [0, 0.05) is 31.0 Å². The highest BCUT2D eigenvalue weighted by Gasteiger charge is 2.32. The van der Waals surface area contributed by atoms with E-state index in [1.54, 1.807) is 32.9 Å². The number of aromatic amines is 1. The molecule has 0 bridgehead atoms. The van der Waals surface area contributed by atoms with Crippen molar-refractivity contribution in [3.05, 3.63) is 46.7 Å². The maximum absolute atomic E-state index is 13.3. The summed E-state index contributed by atoms with van der Waals surface area (Å²) in [6, 6.07) is 2.44. The van der Waals surface area contributed by atoms with Gasteiger partial charge in [-0.05, 0) is 51.8 Å². The van der Waals surface area contributed by atoms with E-state index in [2.05, 4.69) is 4.98 Å². The number of H-pyrrole nitrogens is 1. The van der Waals surface area contributed by atoms with E-state index in [0.717, 1.165) is 0 Å². The van der Waals surface area contributed by atoms with Crippen molar-refractivity contribution in [1.82, 2.24) is 9.88 Å². The summed E-state index contributed by atoms with van der Waals surface area (Å²) in [5.74, 6) is -1.01. The molecule has 1 N–H and O–H groups in total. The van der Waals surface area contributed by atoms with Crippen molar-refractivity contribution >= 4 is 17.7 Å². The second kappa shape index (κ2) is 10.1. The first-order valence-corrected chi connectivity index (χ1v) is 9.57. The van der Waals surface area contributed by atoms with E-state index in [0.29, 0.717) is 43.0 Å². The molecule has 0 aliphatic carbocycles. The third-order valence-corrected chi connectivity index (χ3v) is 4.81. The fourth-order valence-electron chi connectivity index (χ4n) is 3.27. The van der Waals surface area contributed by atoms with E-state index >= 15 is 0 Å². The summed E-state index contributed by atoms with van der Waals surface area (Å²) in [5, 5.41) is 0. The van der Waals surface area contributed by atoms with Crippen molar-refractivity contribution in [3.8, 4) is 0 Å². The smallest absolute Gasteiger partial charge is 0.354 e. The minimum atomic E-state index is -0.757. The second-order valence-corrected chi connectivity index (χ2v) is 6.68. The van der Waals surface area contributed by atoms with Crippen LogP contribution < -0.4 is 0 Å². The van der Waals surface area contributed by atoms with Gasteiger partial charge in [0.2, 0.25) is 0 Å². The fourth-order valence-corrected chi connectivity index (χ4v) is 3.27. The largest absolute Gasteiger partial charge is 0.464 e. The third kappa shape index (κ3) is 4.95. The third-order valence-electron chi connectivity index (χ3n) is 4.81. The Labute approximate surface area is 170 Å². The van der Waals surface area contributed by atoms with Crippen molar-refractivity contribution in [3.63, 3.8) is 0 Å². The molecule has 0 unspecified atom stereocenters. The van der Waals surface area contributed by atoms with Crippen LogP contribution in [0.5, 0.6) is 0 Å². The van der Waals surface area contributed by atoms with Gasteiger partial charge < -0.3 is 23.8 Å². The molecule has 2 rings (SSSR count). The molecule has 0 aliphatic heterocycles. The molecular formula is C21H28N2O6. The predicted molar refractivity (Wildman–Crippen MR) is 106 cm³/mol. The number of nitrogens with one attached hydrogen (secondary N) is 1. The van der Waals surface area contributed by atoms with Gasteiger partial charge in [-0.25, -0.2) is 4.79 Å². The van der Waals surface area contributed by atoms with Crippen LogP contribution in [0.25, 0.3) is 0 Å². The number of carbonyl (C=O) groups excluding carboxylic acids is 3. The molecule has 29 heavy (non-hydrogen) atoms. The average molecular weight is 404 g/mol. The number of aryl methyl sites for hydroxylation is 1. The summed E-state index contributed by atoms with van der Waals surface area (Å²) >= 11 is 0. The molecule has 0 aromatic carbocycles. The van der Waals surface area contributed by atoms with Crippen LogP contribution >= 0.6 is 0 Å². The van der Waals surface area contributed by atoms with Crippen LogP contribution in [0.1, 0.15) is 62.9 Å². The standard InChI is InChI=1S/C21H28N2O6/c1-6-28-11-8-10-23(20(25)16-9-7-12-29-16)15(4)19(24)17-13(2)18(21(26)27-5)22-14(17)3/h7,9,12,15,22H,6,8,10-11H2,1-5H3/t15-/m0/s1. The average Bonchev–Trinajstić information content (AvgIpc) is 3.34. The number of ether oxygens (including phenoxy) is 2. The van der Waals surface area contributed by atoms with Crippen molar-refractivity contribution in [1.29, 1.82) is 0 Å². The summed E-state index contributed by atoms with van der Waals surface area (Å²) in [6.07, 6.45) is 2.00. The van der Waals surface area contributed by atoms with Crippen LogP contribution in [0.2, 0.25) is 0 Å². The quantitative estimate of drug-likeness (QED) is 0.371. The van der Waals surface area contributed by atoms with Gasteiger partial charge in [-0.15, -0.1) is 0 Å². The zero-order valence-corrected chi connectivity index (χ0v) is 17.5. The number of furan rings is 1. The fraction of sp³-hybridized carbons (Fsp3) is 0.476. The van der Waals surface area contributed by atoms with E-state index in [1.807, 2.05) is 6.92 Å². The zero-order valence-electron chi connectivity index (χ0n) is 17.5. The lowest BCUT2D eigenvalue weighted by molar-refractivity contribution is 0.0570. The number of methoxy groups -OCH3 is 1. The zero-order chi connectivity index (χ0) is 21.6. The number of aromatic nitrogens is 1. The molecule has 0 saturated heterocycles. The van der Waals surface area contributed by atoms with Crippen LogP contribution in [0.4, 0.5) is 0 Å². The molecule has 0 spiro atoms. The number of esters is 1. The highest BCUT2D eigenvalue weighted by atomic mass is 16.5. The molecule has 2 aromatic heterocycles. The molecule has 0 saturated carbocycles. The highest BCUT2D eigenvalue weighted by molar-refractivity contribution is 6.07. The first kappa shape index (κ1) is 22.4. The van der Waals surface area contributed by atoms with Crippen molar-refractivity contribution < 1.29 is 28.3 Å². The van der Waals surface area contributed by atoms with Crippen LogP contribution in [0.15, 0.2) is 22.8 Å². The van der Waals surface area contributed by atoms with Crippen LogP contribution in [0.3, 0.4) is 0 Å². The SMILES string of the molecule is CCOCCCN(C(=O)c1ccco1)[C@@H](C)C(=O)c1c(C)[nH]c(C(=O)OC)c1C. The molecule has 1 atom stereocenters. The van der Waals surface area contributed by atoms with Crippen LogP contribution in [0, 0.1) is 13.8 Å². The Bertz CT molecular complexity index is 853. The highest BCUT2D eigenvalue weighted by Crippen LogP contribution is 2.23. The van der Waals surface area contributed by atoms with E-state index in [9.17, 15) is 14.4 Å². The molecular weight excluding hydrogens is 376 g/mol. The lowest BCUT2D eigenvalue weighted by Gasteiger charge is -2.28. The van der Waals surface area contributed by atoms with Crippen molar-refractivity contribution in [2.24, 2.45) is 0 Å². The van der Waals surface area contributed by atoms with Gasteiger partial charge in [-0.3, -0.25) is 9.59 Å². The van der Waals surface area contributed by atoms with E-state index in [4.69, 9.17) is 13.9 Å². The summed E-state index contributed by atoms with van der Waals surface area (Å²) in [6.45, 7) is 8.37. The lowest BCUT2D eigenvalue weighted by Crippen LogP contribution is -2.44. The normalized spacial score (nSPS) is 11.9. The number of nitrogens with zero attached hydrogens (tertiary/aromatic N) is 1. The Morgan fingerprint density at radius 3 is 2.59 bits per heavy atom. The molecule has 2 aromatic rings. The van der Waals surface area contributed by atoms with Gasteiger partial charge in [-0.2, -0.15) is 0 Å². The number of carbonyl (C=O) groups is 3. The molecule has 158 valence electrons. The Hall–Kier alpha value is -2.87. The molecule has 0 radical (unpaired) electrons. The predicted octanol–water partition coefficient (Wildman–Crippen LogP) is 3.15. The number of rotatable bonds is 10. The summed E-state index contributed by atoms with van der Waals surface area (Å²) < 4.78 is 15.4. The Morgan fingerprint density at radius 1 is 1.28 bits per heavy atom. The minimum absolute atomic E-state index is 0.166. The number of ketones is 1. The number of hydrogen-bond donors (Lipinski definition) is 1. The van der Waals surface area contributed by atoms with Crippen LogP contribution in [-0.4, -0.2) is 60.5 Å². The lowest BCUT2D eigenvalue weighted by atomic mass is 9.99. The van der Waals surface area contributed by atoms with Gasteiger partial charge in [0.1, 0.15) is 5.69 Å². The van der Waals surface area contributed by atoms with E-state index < -0.39 is 12.0 Å². The van der Waals surface area contributed by atoms with E-state index in [1.165, 1.54) is 18.3 Å². The van der Waals surface area contributed by atoms with E-state index in [-0.39, 0.29) is 23.1 Å². The second-order valence-electron chi connectivity index (χ2n) is 6.68. The maximum atomic E-state index is 13.3. The molecule has 8 heteroatoms. The van der Waals surface area contributed by atoms with Crippen molar-refractivity contribution in [2.75, 3.05) is 26.9 Å². The first-order chi connectivity index (χ1) is 13.8. The molecule has 1 amide bonds. The Balaban J connectivity index is 2.31. The molecule has 2 heterocycles. The number of hydrogen-bond acceptors (Lipinski definition) is 6. The Morgan fingerprint density at radius 2 is 2.00 bits per heavy atom. The number of Topliss-reactive ketones (excluding diaryl/α,β-unsaturated/α-hetero) is 1. The van der Waals surface area contributed by atoms with Gasteiger partial charge >= 0.3 is 5.97 Å². The summed E-state index contributed by atoms with van der Waals surface area (Å²) in [4.78, 5) is 42.6. The molecule has 0 aliphatic rings. The monoisotopic (exact) mass is 404 g/mol. The van der Waals surface area contributed by atoms with Gasteiger partial charge in [0.05, 0.1) is 19.4 Å². The minimum Gasteiger partial charge on any atom is -0.464 e. The molecule has 8 nitrogen and oxygen atoms in total. The molecule has 0 fully saturated rings. The summed E-state index contributed by atoms with van der Waals surface area (Å²) in [7, 11) is 1.28. The van der Waals surface area contributed by atoms with Gasteiger partial charge in [0.15, 0.2) is 11.5 Å². The van der Waals surface area contributed by atoms with Crippen molar-refractivity contribution in [2.45, 2.75) is 40.2 Å². The van der Waals surface area contributed by atoms with Gasteiger partial charge in [0.25, 0.3) is 5.91 Å². The summed E-state index contributed by atoms with van der Waals surface area (Å²) in [5.41, 5.74) is 1.69. The Kier molecular flexibility index (Phi) is 7.78. The van der Waals surface area contributed by atoms with Crippen LogP contribution in [-0.2, 0) is 9.47 Å². The topological polar surface area (TPSA) is 102 Å². The first-order valence-electron chi connectivity index (χ1n) is 9.57. The van der Waals surface area contributed by atoms with Gasteiger partial charge in [-0.1, -0.05) is 0 Å². The maximum Gasteiger partial charge on any atom is 0.354 e. The number of amides is 1.